The fraction of sp³-hybridized carbons (Fsp3) is 0.364. The summed E-state index contributed by atoms with van der Waals surface area (Å²) in [6.07, 6.45) is 0. The molecule has 33 heavy (non-hydrogen) atoms. The number of halogens is 1. The van der Waals surface area contributed by atoms with Gasteiger partial charge in [0.05, 0.1) is 18.1 Å². The minimum Gasteiger partial charge on any atom is -0.379 e. The molecular weight excluding hydrogens is 451 g/mol. The summed E-state index contributed by atoms with van der Waals surface area (Å²) in [6.45, 7) is 2.52. The number of sulfonamides is 1. The average Bonchev–Trinajstić information content (AvgIpc) is 2.84. The van der Waals surface area contributed by atoms with Gasteiger partial charge in [-0.2, -0.15) is 4.31 Å². The van der Waals surface area contributed by atoms with Crippen LogP contribution in [0.5, 0.6) is 0 Å². The van der Waals surface area contributed by atoms with Gasteiger partial charge >= 0.3 is 6.03 Å². The van der Waals surface area contributed by atoms with Crippen molar-refractivity contribution in [1.29, 1.82) is 0 Å². The molecule has 11 heteroatoms. The maximum absolute atomic E-state index is 13.4. The largest absolute Gasteiger partial charge is 0.379 e. The number of ether oxygens (including phenoxy) is 1. The number of morpholine rings is 1. The maximum atomic E-state index is 13.4. The third-order valence-corrected chi connectivity index (χ3v) is 7.51. The first-order valence-electron chi connectivity index (χ1n) is 10.6. The first-order valence-corrected chi connectivity index (χ1v) is 12.1. The molecule has 0 aliphatic carbocycles. The predicted molar refractivity (Wildman–Crippen MR) is 119 cm³/mol. The van der Waals surface area contributed by atoms with Crippen molar-refractivity contribution in [3.8, 4) is 0 Å². The Morgan fingerprint density at radius 1 is 0.879 bits per heavy atom. The molecule has 2 saturated heterocycles. The number of hydrogen-bond donors (Lipinski definition) is 1. The van der Waals surface area contributed by atoms with Crippen LogP contribution in [0.2, 0.25) is 0 Å². The molecule has 0 aromatic heterocycles. The molecule has 2 aromatic rings. The van der Waals surface area contributed by atoms with Crippen LogP contribution >= 0.6 is 0 Å². The summed E-state index contributed by atoms with van der Waals surface area (Å²) < 4.78 is 45.7. The number of amides is 3. The van der Waals surface area contributed by atoms with Crippen molar-refractivity contribution in [2.24, 2.45) is 0 Å². The van der Waals surface area contributed by atoms with Crippen molar-refractivity contribution in [2.75, 3.05) is 57.8 Å². The monoisotopic (exact) mass is 476 g/mol. The molecule has 0 unspecified atom stereocenters. The van der Waals surface area contributed by atoms with Gasteiger partial charge in [-0.3, -0.25) is 4.79 Å². The highest BCUT2D eigenvalue weighted by atomic mass is 32.2. The molecule has 9 nitrogen and oxygen atoms in total. The zero-order valence-electron chi connectivity index (χ0n) is 17.9. The van der Waals surface area contributed by atoms with Crippen LogP contribution in [0, 0.1) is 5.82 Å². The highest BCUT2D eigenvalue weighted by Gasteiger charge is 2.28. The Kier molecular flexibility index (Phi) is 6.91. The van der Waals surface area contributed by atoms with E-state index >= 15 is 0 Å². The smallest absolute Gasteiger partial charge is 0.321 e. The van der Waals surface area contributed by atoms with Crippen LogP contribution in [0.4, 0.5) is 14.9 Å². The molecule has 0 radical (unpaired) electrons. The van der Waals surface area contributed by atoms with Crippen LogP contribution < -0.4 is 5.32 Å². The fourth-order valence-electron chi connectivity index (χ4n) is 3.79. The number of carbonyl (C=O) groups is 2. The van der Waals surface area contributed by atoms with Gasteiger partial charge in [-0.1, -0.05) is 12.1 Å². The molecule has 2 fully saturated rings. The molecule has 4 rings (SSSR count). The second-order valence-corrected chi connectivity index (χ2v) is 9.70. The van der Waals surface area contributed by atoms with Gasteiger partial charge in [0.15, 0.2) is 0 Å². The third kappa shape index (κ3) is 5.32. The SMILES string of the molecule is O=C(Nc1cccc(S(=O)(=O)N2CCOCC2)c1)N1CCN(C(=O)c2cccc(F)c2)CC1. The van der Waals surface area contributed by atoms with E-state index in [0.717, 1.165) is 0 Å². The van der Waals surface area contributed by atoms with E-state index in [-0.39, 0.29) is 35.5 Å². The predicted octanol–water partition coefficient (Wildman–Crippen LogP) is 1.84. The van der Waals surface area contributed by atoms with Gasteiger partial charge in [0.2, 0.25) is 10.0 Å². The molecule has 2 aliphatic heterocycles. The Balaban J connectivity index is 1.36. The van der Waals surface area contributed by atoms with Crippen LogP contribution in [-0.2, 0) is 14.8 Å². The van der Waals surface area contributed by atoms with E-state index in [1.165, 1.54) is 34.6 Å². The number of piperazine rings is 1. The van der Waals surface area contributed by atoms with E-state index in [1.54, 1.807) is 28.0 Å². The van der Waals surface area contributed by atoms with Crippen LogP contribution in [0.3, 0.4) is 0 Å². The van der Waals surface area contributed by atoms with Gasteiger partial charge in [-0.05, 0) is 36.4 Å². The Bertz CT molecular complexity index is 1130. The van der Waals surface area contributed by atoms with Crippen LogP contribution in [0.25, 0.3) is 0 Å². The summed E-state index contributed by atoms with van der Waals surface area (Å²) in [5.74, 6) is -0.757. The minimum atomic E-state index is -3.67. The third-order valence-electron chi connectivity index (χ3n) is 5.62. The summed E-state index contributed by atoms with van der Waals surface area (Å²) >= 11 is 0. The van der Waals surface area contributed by atoms with Crippen LogP contribution in [0.1, 0.15) is 10.4 Å². The van der Waals surface area contributed by atoms with E-state index in [0.29, 0.717) is 45.1 Å². The first-order chi connectivity index (χ1) is 15.8. The van der Waals surface area contributed by atoms with Crippen LogP contribution in [-0.4, -0.2) is 86.9 Å². The summed E-state index contributed by atoms with van der Waals surface area (Å²) in [5.41, 5.74) is 0.638. The molecule has 3 amide bonds. The molecule has 2 aliphatic rings. The number of anilines is 1. The highest BCUT2D eigenvalue weighted by molar-refractivity contribution is 7.89. The summed E-state index contributed by atoms with van der Waals surface area (Å²) in [7, 11) is -3.67. The normalized spacial score (nSPS) is 17.6. The lowest BCUT2D eigenvalue weighted by atomic mass is 10.2. The molecule has 0 atom stereocenters. The molecule has 2 heterocycles. The number of hydrogen-bond acceptors (Lipinski definition) is 5. The summed E-state index contributed by atoms with van der Waals surface area (Å²) in [4.78, 5) is 28.5. The molecule has 176 valence electrons. The molecule has 0 bridgehead atoms. The lowest BCUT2D eigenvalue weighted by Gasteiger charge is -2.34. The lowest BCUT2D eigenvalue weighted by molar-refractivity contribution is 0.0671. The Morgan fingerprint density at radius 3 is 2.24 bits per heavy atom. The van der Waals surface area contributed by atoms with Gasteiger partial charge in [0.1, 0.15) is 5.82 Å². The maximum Gasteiger partial charge on any atom is 0.321 e. The number of nitrogens with one attached hydrogen (secondary N) is 1. The van der Waals surface area contributed by atoms with Gasteiger partial charge in [-0.25, -0.2) is 17.6 Å². The second-order valence-electron chi connectivity index (χ2n) is 7.76. The van der Waals surface area contributed by atoms with Gasteiger partial charge in [0.25, 0.3) is 5.91 Å². The number of carbonyl (C=O) groups excluding carboxylic acids is 2. The van der Waals surface area contributed by atoms with E-state index in [2.05, 4.69) is 5.32 Å². The molecule has 0 spiro atoms. The summed E-state index contributed by atoms with van der Waals surface area (Å²) in [6, 6.07) is 11.3. The van der Waals surface area contributed by atoms with Gasteiger partial charge in [0, 0.05) is 50.5 Å². The number of benzene rings is 2. The second kappa shape index (κ2) is 9.86. The van der Waals surface area contributed by atoms with E-state index < -0.39 is 15.8 Å². The highest BCUT2D eigenvalue weighted by Crippen LogP contribution is 2.21. The Hall–Kier alpha value is -3.02. The van der Waals surface area contributed by atoms with Crippen molar-refractivity contribution in [2.45, 2.75) is 4.90 Å². The summed E-state index contributed by atoms with van der Waals surface area (Å²) in [5, 5.41) is 2.74. The Morgan fingerprint density at radius 2 is 1.55 bits per heavy atom. The van der Waals surface area contributed by atoms with E-state index in [9.17, 15) is 22.4 Å². The fourth-order valence-corrected chi connectivity index (χ4v) is 5.24. The standard InChI is InChI=1S/C22H25FN4O5S/c23-18-4-1-3-17(15-18)21(28)25-7-9-26(10-8-25)22(29)24-19-5-2-6-20(16-19)33(30,31)27-11-13-32-14-12-27/h1-6,15-16H,7-14H2,(H,24,29). The first kappa shape index (κ1) is 23.1. The topological polar surface area (TPSA) is 99.3 Å². The number of urea groups is 1. The zero-order chi connectivity index (χ0) is 23.4. The van der Waals surface area contributed by atoms with Crippen molar-refractivity contribution in [1.82, 2.24) is 14.1 Å². The molecule has 0 saturated carbocycles. The molecule has 2 aromatic carbocycles. The van der Waals surface area contributed by atoms with E-state index in [4.69, 9.17) is 4.74 Å². The average molecular weight is 477 g/mol. The Labute approximate surface area is 191 Å². The van der Waals surface area contributed by atoms with Crippen molar-refractivity contribution < 1.29 is 27.1 Å². The van der Waals surface area contributed by atoms with E-state index in [1.807, 2.05) is 0 Å². The number of rotatable bonds is 4. The van der Waals surface area contributed by atoms with Crippen LogP contribution in [0.15, 0.2) is 53.4 Å². The minimum absolute atomic E-state index is 0.104. The van der Waals surface area contributed by atoms with Crippen molar-refractivity contribution >= 4 is 27.6 Å². The molecule has 1 N–H and O–H groups in total. The van der Waals surface area contributed by atoms with Crippen molar-refractivity contribution in [3.05, 3.63) is 59.9 Å². The quantitative estimate of drug-likeness (QED) is 0.726. The molecular formula is C22H25FN4O5S. The number of nitrogens with zero attached hydrogens (tertiary/aromatic N) is 3. The van der Waals surface area contributed by atoms with Gasteiger partial charge in [-0.15, -0.1) is 0 Å². The lowest BCUT2D eigenvalue weighted by Crippen LogP contribution is -2.51. The zero-order valence-corrected chi connectivity index (χ0v) is 18.8. The van der Waals surface area contributed by atoms with Crippen molar-refractivity contribution in [3.63, 3.8) is 0 Å². The van der Waals surface area contributed by atoms with Gasteiger partial charge < -0.3 is 19.9 Å².